The van der Waals surface area contributed by atoms with Gasteiger partial charge < -0.3 is 15.2 Å². The summed E-state index contributed by atoms with van der Waals surface area (Å²) in [5.41, 5.74) is 1.72. The molecule has 0 aliphatic carbocycles. The van der Waals surface area contributed by atoms with Gasteiger partial charge in [0, 0.05) is 10.0 Å². The Balaban J connectivity index is 1.96. The van der Waals surface area contributed by atoms with Gasteiger partial charge in [-0.2, -0.15) is 0 Å². The zero-order valence-electron chi connectivity index (χ0n) is 11.3. The smallest absolute Gasteiger partial charge is 0.196 e. The fourth-order valence-electron chi connectivity index (χ4n) is 2.24. The number of fused-ring (bicyclic) bond motifs is 1. The van der Waals surface area contributed by atoms with Crippen molar-refractivity contribution in [1.82, 2.24) is 0 Å². The molecule has 1 aliphatic rings. The first-order chi connectivity index (χ1) is 10.5. The molecule has 0 aromatic heterocycles. The van der Waals surface area contributed by atoms with Crippen LogP contribution < -0.4 is 9.96 Å². The number of ketones is 1. The van der Waals surface area contributed by atoms with E-state index in [0.29, 0.717) is 22.4 Å². The molecule has 1 heterocycles. The minimum absolute atomic E-state index is 0.0988. The Hall–Kier alpha value is -2.15. The van der Waals surface area contributed by atoms with Crippen LogP contribution in [0.1, 0.15) is 15.9 Å². The lowest BCUT2D eigenvalue weighted by Gasteiger charge is -2.22. The highest BCUT2D eigenvalue weighted by Crippen LogP contribution is 2.30. The molecule has 0 amide bonds. The van der Waals surface area contributed by atoms with E-state index in [1.54, 1.807) is 30.3 Å². The van der Waals surface area contributed by atoms with Crippen molar-refractivity contribution in [3.05, 3.63) is 68.8 Å². The summed E-state index contributed by atoms with van der Waals surface area (Å²) in [6.45, 7) is 0.165. The Morgan fingerprint density at radius 2 is 2.09 bits per heavy atom. The lowest BCUT2D eigenvalue weighted by Crippen LogP contribution is -2.19. The first kappa shape index (κ1) is 14.8. The summed E-state index contributed by atoms with van der Waals surface area (Å²) in [5, 5.41) is 19.6. The van der Waals surface area contributed by atoms with Gasteiger partial charge in [0.15, 0.2) is 5.78 Å². The van der Waals surface area contributed by atoms with Gasteiger partial charge in [0.05, 0.1) is 11.3 Å². The predicted molar refractivity (Wildman–Crippen MR) is 86.0 cm³/mol. The number of carbonyl (C=O) groups excluding carboxylic acids is 1. The van der Waals surface area contributed by atoms with Crippen LogP contribution >= 0.6 is 15.9 Å². The van der Waals surface area contributed by atoms with Crippen LogP contribution in [0.15, 0.2) is 52.5 Å². The van der Waals surface area contributed by atoms with Crippen molar-refractivity contribution >= 4 is 33.5 Å². The van der Waals surface area contributed by atoms with Crippen LogP contribution in [0.5, 0.6) is 5.75 Å². The molecular formula is C16H11BrNO4-. The molecule has 0 radical (unpaired) electrons. The van der Waals surface area contributed by atoms with Crippen LogP contribution in [0.2, 0.25) is 0 Å². The fraction of sp³-hybridized carbons (Fsp3) is 0.0625. The normalized spacial score (nSPS) is 15.4. The van der Waals surface area contributed by atoms with Gasteiger partial charge in [0.1, 0.15) is 12.4 Å². The van der Waals surface area contributed by atoms with E-state index >= 15 is 0 Å². The van der Waals surface area contributed by atoms with E-state index < -0.39 is 0 Å². The third-order valence-electron chi connectivity index (χ3n) is 3.29. The van der Waals surface area contributed by atoms with Gasteiger partial charge in [-0.3, -0.25) is 10.0 Å². The highest BCUT2D eigenvalue weighted by atomic mass is 79.9. The van der Waals surface area contributed by atoms with Crippen molar-refractivity contribution in [2.75, 3.05) is 11.8 Å². The Morgan fingerprint density at radius 1 is 1.27 bits per heavy atom. The van der Waals surface area contributed by atoms with Crippen molar-refractivity contribution in [1.29, 1.82) is 0 Å². The monoisotopic (exact) mass is 360 g/mol. The number of benzene rings is 2. The van der Waals surface area contributed by atoms with Gasteiger partial charge in [-0.25, -0.2) is 0 Å². The summed E-state index contributed by atoms with van der Waals surface area (Å²) in [6, 6.07) is 11.6. The van der Waals surface area contributed by atoms with Crippen molar-refractivity contribution in [2.45, 2.75) is 0 Å². The zero-order chi connectivity index (χ0) is 15.7. The van der Waals surface area contributed by atoms with Gasteiger partial charge in [-0.05, 0) is 42.0 Å². The summed E-state index contributed by atoms with van der Waals surface area (Å²) in [4.78, 5) is 12.5. The Kier molecular flexibility index (Phi) is 3.98. The molecular weight excluding hydrogens is 350 g/mol. The Morgan fingerprint density at radius 3 is 2.86 bits per heavy atom. The molecule has 0 fully saturated rings. The molecule has 3 rings (SSSR count). The average molecular weight is 361 g/mol. The second-order valence-electron chi connectivity index (χ2n) is 4.80. The van der Waals surface area contributed by atoms with Gasteiger partial charge in [0.25, 0.3) is 0 Å². The van der Waals surface area contributed by atoms with Crippen LogP contribution in [-0.4, -0.2) is 17.6 Å². The van der Waals surface area contributed by atoms with Crippen molar-refractivity contribution in [3.8, 4) is 5.75 Å². The van der Waals surface area contributed by atoms with E-state index in [-0.39, 0.29) is 23.3 Å². The van der Waals surface area contributed by atoms with Crippen molar-refractivity contribution < 1.29 is 14.7 Å². The molecule has 5 nitrogen and oxygen atoms in total. The number of halogens is 1. The van der Waals surface area contributed by atoms with Gasteiger partial charge >= 0.3 is 0 Å². The largest absolute Gasteiger partial charge is 0.733 e. The molecule has 6 heteroatoms. The summed E-state index contributed by atoms with van der Waals surface area (Å²) < 4.78 is 6.38. The minimum Gasteiger partial charge on any atom is -0.733 e. The summed E-state index contributed by atoms with van der Waals surface area (Å²) in [6.07, 6.45) is 1.65. The summed E-state index contributed by atoms with van der Waals surface area (Å²) in [5.74, 6) is 0.441. The number of hydrogen-bond acceptors (Lipinski definition) is 5. The fourth-order valence-corrected chi connectivity index (χ4v) is 2.60. The van der Waals surface area contributed by atoms with E-state index in [9.17, 15) is 10.0 Å². The van der Waals surface area contributed by atoms with Crippen LogP contribution in [0.3, 0.4) is 0 Å². The predicted octanol–water partition coefficient (Wildman–Crippen LogP) is 3.80. The second-order valence-corrected chi connectivity index (χ2v) is 5.71. The quantitative estimate of drug-likeness (QED) is 0.651. The summed E-state index contributed by atoms with van der Waals surface area (Å²) in [7, 11) is 0. The van der Waals surface area contributed by atoms with Crippen molar-refractivity contribution in [2.24, 2.45) is 0 Å². The molecule has 2 aromatic rings. The number of hydrogen-bond donors (Lipinski definition) is 1. The van der Waals surface area contributed by atoms with E-state index in [2.05, 4.69) is 15.9 Å². The van der Waals surface area contributed by atoms with Crippen LogP contribution in [-0.2, 0) is 0 Å². The van der Waals surface area contributed by atoms with E-state index in [0.717, 1.165) is 4.47 Å². The van der Waals surface area contributed by atoms with E-state index in [4.69, 9.17) is 9.94 Å². The number of nitrogens with zero attached hydrogens (tertiary/aromatic N) is 1. The lowest BCUT2D eigenvalue weighted by atomic mass is 9.98. The molecule has 1 aliphatic heterocycles. The van der Waals surface area contributed by atoms with E-state index in [1.165, 1.54) is 12.1 Å². The second kappa shape index (κ2) is 5.92. The molecule has 22 heavy (non-hydrogen) atoms. The van der Waals surface area contributed by atoms with Gasteiger partial charge in [0.2, 0.25) is 0 Å². The van der Waals surface area contributed by atoms with Crippen molar-refractivity contribution in [3.63, 3.8) is 0 Å². The number of anilines is 1. The lowest BCUT2D eigenvalue weighted by molar-refractivity contribution is 0.100. The SMILES string of the molecule is O=C1/C(=C\c2cccc(N([O-])O)c2)COc2ccc(Br)cc21. The number of Topliss-reactive ketones (excluding diaryl/α,β-unsaturated/α-hetero) is 1. The van der Waals surface area contributed by atoms with Crippen LogP contribution in [0.25, 0.3) is 6.08 Å². The Bertz CT molecular complexity index is 770. The zero-order valence-corrected chi connectivity index (χ0v) is 12.9. The molecule has 0 bridgehead atoms. The molecule has 0 saturated heterocycles. The summed E-state index contributed by atoms with van der Waals surface area (Å²) >= 11 is 3.33. The van der Waals surface area contributed by atoms with Crippen LogP contribution in [0, 0.1) is 5.21 Å². The van der Waals surface area contributed by atoms with Gasteiger partial charge in [-0.15, -0.1) is 0 Å². The highest BCUT2D eigenvalue weighted by molar-refractivity contribution is 9.10. The highest BCUT2D eigenvalue weighted by Gasteiger charge is 2.23. The number of rotatable bonds is 2. The molecule has 2 aromatic carbocycles. The molecule has 0 spiro atoms. The van der Waals surface area contributed by atoms with E-state index in [1.807, 2.05) is 6.07 Å². The average Bonchev–Trinajstić information content (AvgIpc) is 2.51. The molecule has 0 saturated carbocycles. The minimum atomic E-state index is -0.215. The molecule has 112 valence electrons. The maximum Gasteiger partial charge on any atom is 0.196 e. The maximum absolute atomic E-state index is 12.5. The first-order valence-electron chi connectivity index (χ1n) is 6.48. The van der Waals surface area contributed by atoms with Gasteiger partial charge in [-0.1, -0.05) is 28.1 Å². The van der Waals surface area contributed by atoms with Crippen LogP contribution in [0.4, 0.5) is 5.69 Å². The third-order valence-corrected chi connectivity index (χ3v) is 3.79. The standard InChI is InChI=1S/C16H11BrNO4/c17-12-4-5-15-14(8-12)16(19)11(9-22-15)6-10-2-1-3-13(7-10)18(20)21/h1-8,20H,9H2/q-1/b11-6-. The topological polar surface area (TPSA) is 72.8 Å². The third kappa shape index (κ3) is 2.89. The Labute approximate surface area is 135 Å². The number of carbonyl (C=O) groups is 1. The number of ether oxygens (including phenoxy) is 1. The molecule has 0 atom stereocenters. The maximum atomic E-state index is 12.5. The first-order valence-corrected chi connectivity index (χ1v) is 7.28. The molecule has 0 unspecified atom stereocenters. The molecule has 1 N–H and O–H groups in total.